The number of carbonyl (C=O) groups excluding carboxylic acids is 3. The predicted octanol–water partition coefficient (Wildman–Crippen LogP) is 13.3. The van der Waals surface area contributed by atoms with Gasteiger partial charge in [-0.15, -0.1) is 12.4 Å². The lowest BCUT2D eigenvalue weighted by atomic mass is 9.67. The molecule has 0 radical (unpaired) electrons. The van der Waals surface area contributed by atoms with Crippen molar-refractivity contribution in [2.75, 3.05) is 42.3 Å². The van der Waals surface area contributed by atoms with Crippen molar-refractivity contribution in [1.82, 2.24) is 14.7 Å². The van der Waals surface area contributed by atoms with E-state index in [4.69, 9.17) is 0 Å². The summed E-state index contributed by atoms with van der Waals surface area (Å²) >= 11 is 0. The first kappa shape index (κ1) is 58.8. The maximum Gasteiger partial charge on any atom is 0.147 e. The van der Waals surface area contributed by atoms with Gasteiger partial charge < -0.3 is 14.7 Å². The van der Waals surface area contributed by atoms with E-state index in [0.717, 1.165) is 52.6 Å². The van der Waals surface area contributed by atoms with Crippen LogP contribution in [0.5, 0.6) is 0 Å². The quantitative estimate of drug-likeness (QED) is 0.0716. The van der Waals surface area contributed by atoms with Gasteiger partial charge in [-0.1, -0.05) is 203 Å². The van der Waals surface area contributed by atoms with Gasteiger partial charge in [0.25, 0.3) is 0 Å². The molecule has 0 heterocycles. The Labute approximate surface area is 428 Å². The molecule has 374 valence electrons. The molecule has 7 heteroatoms. The Morgan fingerprint density at radius 3 is 0.586 bits per heavy atom. The molecule has 3 unspecified atom stereocenters. The highest BCUT2D eigenvalue weighted by Crippen LogP contribution is 2.42. The lowest BCUT2D eigenvalue weighted by molar-refractivity contribution is -0.124. The zero-order valence-electron chi connectivity index (χ0n) is 44.3. The molecule has 0 aliphatic heterocycles. The van der Waals surface area contributed by atoms with Gasteiger partial charge in [0.05, 0.1) is 16.2 Å². The molecular formula is C63H82ClN3O3. The van der Waals surface area contributed by atoms with Crippen LogP contribution in [0.15, 0.2) is 182 Å². The van der Waals surface area contributed by atoms with E-state index < -0.39 is 16.2 Å². The van der Waals surface area contributed by atoms with Crippen LogP contribution >= 0.6 is 12.4 Å². The Morgan fingerprint density at radius 2 is 0.471 bits per heavy atom. The first-order chi connectivity index (χ1) is 33.1. The van der Waals surface area contributed by atoms with Crippen molar-refractivity contribution in [2.24, 2.45) is 0 Å². The standard InChI is InChI=1S/3C21H27NO.ClH/c3*1-5-20(23)21(16-17(2)22(3)4,18-12-8-6-9-13-18)19-14-10-7-11-15-19;/h3*6-15,17H,5,16H2,1-4H3;1H. The van der Waals surface area contributed by atoms with E-state index in [2.05, 4.69) is 151 Å². The van der Waals surface area contributed by atoms with Gasteiger partial charge >= 0.3 is 0 Å². The van der Waals surface area contributed by atoms with Crippen LogP contribution in [0.4, 0.5) is 0 Å². The van der Waals surface area contributed by atoms with E-state index in [1.807, 2.05) is 130 Å². The van der Waals surface area contributed by atoms with Gasteiger partial charge in [0.1, 0.15) is 17.3 Å². The summed E-state index contributed by atoms with van der Waals surface area (Å²) in [6, 6.07) is 62.2. The summed E-state index contributed by atoms with van der Waals surface area (Å²) < 4.78 is 0. The first-order valence-electron chi connectivity index (χ1n) is 25.0. The number of halogens is 1. The number of ketones is 3. The zero-order chi connectivity index (χ0) is 50.6. The monoisotopic (exact) mass is 964 g/mol. The fourth-order valence-electron chi connectivity index (χ4n) is 9.63. The Balaban J connectivity index is 0.000000276. The third-order valence-electron chi connectivity index (χ3n) is 14.4. The van der Waals surface area contributed by atoms with Crippen molar-refractivity contribution in [3.05, 3.63) is 215 Å². The average Bonchev–Trinajstić information content (AvgIpc) is 3.39. The van der Waals surface area contributed by atoms with Crippen LogP contribution in [0.2, 0.25) is 0 Å². The molecule has 0 bridgehead atoms. The largest absolute Gasteiger partial charge is 0.307 e. The van der Waals surface area contributed by atoms with E-state index in [1.54, 1.807) is 0 Å². The van der Waals surface area contributed by atoms with Crippen LogP contribution < -0.4 is 0 Å². The number of nitrogens with zero attached hydrogens (tertiary/aromatic N) is 3. The van der Waals surface area contributed by atoms with Crippen LogP contribution in [0, 0.1) is 0 Å². The molecule has 6 aromatic rings. The van der Waals surface area contributed by atoms with Crippen molar-refractivity contribution in [2.45, 2.75) is 114 Å². The second-order valence-corrected chi connectivity index (χ2v) is 19.3. The summed E-state index contributed by atoms with van der Waals surface area (Å²) in [4.78, 5) is 46.1. The maximum absolute atomic E-state index is 13.2. The summed E-state index contributed by atoms with van der Waals surface area (Å²) in [5, 5.41) is 0. The first-order valence-corrected chi connectivity index (χ1v) is 25.0. The van der Waals surface area contributed by atoms with Crippen molar-refractivity contribution in [3.63, 3.8) is 0 Å². The molecule has 0 saturated carbocycles. The highest BCUT2D eigenvalue weighted by Gasteiger charge is 2.44. The highest BCUT2D eigenvalue weighted by molar-refractivity contribution is 5.95. The zero-order valence-corrected chi connectivity index (χ0v) is 45.1. The van der Waals surface area contributed by atoms with Crippen LogP contribution in [-0.2, 0) is 30.6 Å². The molecule has 70 heavy (non-hydrogen) atoms. The SMILES string of the molecule is CCC(=O)C(CC(C)N(C)C)(c1ccccc1)c1ccccc1.CCC(=O)C(CC(C)N(C)C)(c1ccccc1)c1ccccc1.CCC(=O)C(CC(C)N(C)C)(c1ccccc1)c1ccccc1.Cl. The molecule has 0 N–H and O–H groups in total. The van der Waals surface area contributed by atoms with E-state index in [0.29, 0.717) is 37.4 Å². The number of rotatable bonds is 21. The van der Waals surface area contributed by atoms with Crippen molar-refractivity contribution >= 4 is 29.8 Å². The predicted molar refractivity (Wildman–Crippen MR) is 297 cm³/mol. The Morgan fingerprint density at radius 1 is 0.329 bits per heavy atom. The molecule has 0 saturated heterocycles. The van der Waals surface area contributed by atoms with Crippen LogP contribution in [0.1, 0.15) is 113 Å². The fourth-order valence-corrected chi connectivity index (χ4v) is 9.63. The molecular weight excluding hydrogens is 882 g/mol. The Hall–Kier alpha value is -5.50. The average molecular weight is 965 g/mol. The molecule has 0 aromatic heterocycles. The van der Waals surface area contributed by atoms with E-state index >= 15 is 0 Å². The summed E-state index contributed by atoms with van der Waals surface area (Å²) in [7, 11) is 12.4. The number of benzene rings is 6. The molecule has 0 aliphatic rings. The minimum Gasteiger partial charge on any atom is -0.307 e. The second kappa shape index (κ2) is 28.4. The molecule has 6 rings (SSSR count). The fraction of sp³-hybridized carbons (Fsp3) is 0.381. The lowest BCUT2D eigenvalue weighted by Crippen LogP contribution is -2.42. The van der Waals surface area contributed by atoms with Gasteiger partial charge in [-0.05, 0) is 116 Å². The normalized spacial score (nSPS) is 12.9. The molecule has 0 amide bonds. The van der Waals surface area contributed by atoms with Gasteiger partial charge in [0.15, 0.2) is 0 Å². The molecule has 6 nitrogen and oxygen atoms in total. The van der Waals surface area contributed by atoms with E-state index in [1.165, 1.54) is 0 Å². The van der Waals surface area contributed by atoms with Crippen LogP contribution in [0.3, 0.4) is 0 Å². The van der Waals surface area contributed by atoms with Gasteiger partial charge in [-0.25, -0.2) is 0 Å². The van der Waals surface area contributed by atoms with Gasteiger partial charge in [-0.2, -0.15) is 0 Å². The lowest BCUT2D eigenvalue weighted by Gasteiger charge is -2.37. The number of carbonyl (C=O) groups is 3. The molecule has 3 atom stereocenters. The number of hydrogen-bond acceptors (Lipinski definition) is 6. The van der Waals surface area contributed by atoms with Gasteiger partial charge in [0.2, 0.25) is 0 Å². The van der Waals surface area contributed by atoms with Crippen LogP contribution in [-0.4, -0.2) is 92.5 Å². The van der Waals surface area contributed by atoms with E-state index in [-0.39, 0.29) is 29.8 Å². The third-order valence-corrected chi connectivity index (χ3v) is 14.4. The summed E-state index contributed by atoms with van der Waals surface area (Å²) in [5.41, 5.74) is 4.79. The third kappa shape index (κ3) is 14.1. The van der Waals surface area contributed by atoms with Crippen molar-refractivity contribution < 1.29 is 14.4 Å². The molecule has 0 aliphatic carbocycles. The number of Topliss-reactive ketones (excluding diaryl/α,β-unsaturated/α-hetero) is 3. The second-order valence-electron chi connectivity index (χ2n) is 19.3. The number of hydrogen-bond donors (Lipinski definition) is 0. The molecule has 0 fully saturated rings. The molecule has 6 aromatic carbocycles. The molecule has 0 spiro atoms. The summed E-state index contributed by atoms with van der Waals surface area (Å²) in [6.07, 6.45) is 3.93. The van der Waals surface area contributed by atoms with Crippen molar-refractivity contribution in [3.8, 4) is 0 Å². The minimum absolute atomic E-state index is 0. The maximum atomic E-state index is 13.2. The van der Waals surface area contributed by atoms with Gasteiger partial charge in [0, 0.05) is 37.4 Å². The minimum atomic E-state index is -0.582. The highest BCUT2D eigenvalue weighted by atomic mass is 35.5. The summed E-state index contributed by atoms with van der Waals surface area (Å²) in [6.45, 7) is 12.4. The Kier molecular flexibility index (Phi) is 23.8. The van der Waals surface area contributed by atoms with Crippen molar-refractivity contribution in [1.29, 1.82) is 0 Å². The van der Waals surface area contributed by atoms with Crippen LogP contribution in [0.25, 0.3) is 0 Å². The Bertz CT molecular complexity index is 2020. The smallest absolute Gasteiger partial charge is 0.147 e. The van der Waals surface area contributed by atoms with E-state index in [9.17, 15) is 14.4 Å². The topological polar surface area (TPSA) is 60.9 Å². The van der Waals surface area contributed by atoms with Gasteiger partial charge in [-0.3, -0.25) is 14.4 Å². The summed E-state index contributed by atoms with van der Waals surface area (Å²) in [5.74, 6) is 0.843.